The number of benzene rings is 1. The topological polar surface area (TPSA) is 78.4 Å². The summed E-state index contributed by atoms with van der Waals surface area (Å²) in [7, 11) is 0. The van der Waals surface area contributed by atoms with Crippen LogP contribution in [-0.4, -0.2) is 34.6 Å². The van der Waals surface area contributed by atoms with Crippen LogP contribution in [0.2, 0.25) is 0 Å². The molecule has 0 radical (unpaired) electrons. The van der Waals surface area contributed by atoms with E-state index >= 15 is 0 Å². The SMILES string of the molecule is CC(C)(O)C(C)(C)NC(=O)CNC(=O)c1cccc(Br)c1. The summed E-state index contributed by atoms with van der Waals surface area (Å²) in [5.74, 6) is -0.682. The van der Waals surface area contributed by atoms with E-state index in [4.69, 9.17) is 0 Å². The maximum Gasteiger partial charge on any atom is 0.251 e. The lowest BCUT2D eigenvalue weighted by Gasteiger charge is -2.38. The predicted octanol–water partition coefficient (Wildman–Crippen LogP) is 1.84. The molecule has 1 aromatic carbocycles. The van der Waals surface area contributed by atoms with Gasteiger partial charge in [-0.05, 0) is 45.9 Å². The van der Waals surface area contributed by atoms with Crippen molar-refractivity contribution in [1.29, 1.82) is 0 Å². The minimum atomic E-state index is -1.07. The molecule has 0 fully saturated rings. The third-order valence-corrected chi connectivity index (χ3v) is 3.97. The van der Waals surface area contributed by atoms with E-state index in [2.05, 4.69) is 26.6 Å². The van der Waals surface area contributed by atoms with Crippen molar-refractivity contribution < 1.29 is 14.7 Å². The molecule has 0 bridgehead atoms. The Kier molecular flexibility index (Phi) is 5.53. The maximum atomic E-state index is 11.9. The fourth-order valence-corrected chi connectivity index (χ4v) is 1.84. The van der Waals surface area contributed by atoms with E-state index in [9.17, 15) is 14.7 Å². The summed E-state index contributed by atoms with van der Waals surface area (Å²) in [5.41, 5.74) is -1.40. The van der Waals surface area contributed by atoms with Crippen molar-refractivity contribution in [3.05, 3.63) is 34.3 Å². The number of nitrogens with one attached hydrogen (secondary N) is 2. The largest absolute Gasteiger partial charge is 0.388 e. The zero-order valence-electron chi connectivity index (χ0n) is 12.7. The fourth-order valence-electron chi connectivity index (χ4n) is 1.44. The van der Waals surface area contributed by atoms with Crippen LogP contribution < -0.4 is 10.6 Å². The van der Waals surface area contributed by atoms with Crippen LogP contribution in [0.15, 0.2) is 28.7 Å². The van der Waals surface area contributed by atoms with Gasteiger partial charge in [-0.3, -0.25) is 9.59 Å². The molecule has 3 N–H and O–H groups in total. The van der Waals surface area contributed by atoms with E-state index < -0.39 is 11.1 Å². The van der Waals surface area contributed by atoms with E-state index in [1.165, 1.54) is 0 Å². The molecule has 0 saturated heterocycles. The predicted molar refractivity (Wildman–Crippen MR) is 85.0 cm³/mol. The molecule has 2 amide bonds. The average molecular weight is 357 g/mol. The van der Waals surface area contributed by atoms with Crippen LogP contribution in [0.4, 0.5) is 0 Å². The average Bonchev–Trinajstić information content (AvgIpc) is 2.34. The third kappa shape index (κ3) is 5.13. The van der Waals surface area contributed by atoms with Crippen LogP contribution in [0.3, 0.4) is 0 Å². The van der Waals surface area contributed by atoms with Crippen molar-refractivity contribution in [3.8, 4) is 0 Å². The number of hydrogen-bond acceptors (Lipinski definition) is 3. The Balaban J connectivity index is 2.56. The maximum absolute atomic E-state index is 11.9. The first-order valence-corrected chi connectivity index (χ1v) is 7.39. The molecule has 0 aromatic heterocycles. The Labute approximate surface area is 133 Å². The number of aliphatic hydroxyl groups is 1. The Morgan fingerprint density at radius 1 is 1.24 bits per heavy atom. The number of amides is 2. The Bertz CT molecular complexity index is 536. The molecule has 0 heterocycles. The lowest BCUT2D eigenvalue weighted by atomic mass is 9.86. The molecule has 0 aliphatic heterocycles. The standard InChI is InChI=1S/C15H21BrN2O3/c1-14(2,15(3,4)21)18-12(19)9-17-13(20)10-6-5-7-11(16)8-10/h5-8,21H,9H2,1-4H3,(H,17,20)(H,18,19). The summed E-state index contributed by atoms with van der Waals surface area (Å²) in [6.07, 6.45) is 0. The number of rotatable bonds is 5. The third-order valence-electron chi connectivity index (χ3n) is 3.48. The summed E-state index contributed by atoms with van der Waals surface area (Å²) in [5, 5.41) is 15.2. The van der Waals surface area contributed by atoms with Gasteiger partial charge in [0.2, 0.25) is 5.91 Å². The van der Waals surface area contributed by atoms with Crippen molar-refractivity contribution in [3.63, 3.8) is 0 Å². The lowest BCUT2D eigenvalue weighted by Crippen LogP contribution is -2.59. The highest BCUT2D eigenvalue weighted by Gasteiger charge is 2.36. The van der Waals surface area contributed by atoms with Crippen LogP contribution in [0.1, 0.15) is 38.1 Å². The molecule has 0 aliphatic carbocycles. The molecular weight excluding hydrogens is 336 g/mol. The van der Waals surface area contributed by atoms with Gasteiger partial charge in [0.05, 0.1) is 17.7 Å². The van der Waals surface area contributed by atoms with E-state index in [-0.39, 0.29) is 18.4 Å². The van der Waals surface area contributed by atoms with Crippen LogP contribution in [0.25, 0.3) is 0 Å². The van der Waals surface area contributed by atoms with Crippen LogP contribution in [-0.2, 0) is 4.79 Å². The molecule has 0 spiro atoms. The molecule has 0 saturated carbocycles. The molecular formula is C15H21BrN2O3. The summed E-state index contributed by atoms with van der Waals surface area (Å²) < 4.78 is 0.794. The summed E-state index contributed by atoms with van der Waals surface area (Å²) in [4.78, 5) is 23.8. The number of halogens is 1. The Hall–Kier alpha value is -1.40. The summed E-state index contributed by atoms with van der Waals surface area (Å²) in [6, 6.07) is 6.90. The molecule has 5 nitrogen and oxygen atoms in total. The zero-order valence-corrected chi connectivity index (χ0v) is 14.2. The van der Waals surface area contributed by atoms with Gasteiger partial charge in [0.25, 0.3) is 5.91 Å². The number of carbonyl (C=O) groups is 2. The summed E-state index contributed by atoms with van der Waals surface area (Å²) in [6.45, 7) is 6.54. The second-order valence-corrected chi connectivity index (χ2v) is 6.84. The van der Waals surface area contributed by atoms with Gasteiger partial charge in [0.1, 0.15) is 0 Å². The van der Waals surface area contributed by atoms with Crippen molar-refractivity contribution in [1.82, 2.24) is 10.6 Å². The van der Waals surface area contributed by atoms with E-state index in [0.29, 0.717) is 5.56 Å². The number of carbonyl (C=O) groups excluding carboxylic acids is 2. The smallest absolute Gasteiger partial charge is 0.251 e. The minimum Gasteiger partial charge on any atom is -0.388 e. The van der Waals surface area contributed by atoms with E-state index in [0.717, 1.165) is 4.47 Å². The van der Waals surface area contributed by atoms with Crippen molar-refractivity contribution in [2.45, 2.75) is 38.8 Å². The van der Waals surface area contributed by atoms with Gasteiger partial charge in [-0.15, -0.1) is 0 Å². The van der Waals surface area contributed by atoms with Gasteiger partial charge >= 0.3 is 0 Å². The second-order valence-electron chi connectivity index (χ2n) is 5.93. The van der Waals surface area contributed by atoms with Crippen LogP contribution in [0.5, 0.6) is 0 Å². The number of hydrogen-bond donors (Lipinski definition) is 3. The van der Waals surface area contributed by atoms with Crippen molar-refractivity contribution in [2.75, 3.05) is 6.54 Å². The molecule has 0 atom stereocenters. The van der Waals surface area contributed by atoms with E-state index in [1.807, 2.05) is 6.07 Å². The summed E-state index contributed by atoms with van der Waals surface area (Å²) >= 11 is 3.29. The zero-order chi connectivity index (χ0) is 16.3. The van der Waals surface area contributed by atoms with E-state index in [1.54, 1.807) is 45.9 Å². The Morgan fingerprint density at radius 2 is 1.86 bits per heavy atom. The molecule has 116 valence electrons. The molecule has 0 aliphatic rings. The first kappa shape index (κ1) is 17.7. The molecule has 21 heavy (non-hydrogen) atoms. The fraction of sp³-hybridized carbons (Fsp3) is 0.467. The molecule has 1 rings (SSSR count). The van der Waals surface area contributed by atoms with Gasteiger partial charge in [-0.2, -0.15) is 0 Å². The molecule has 0 unspecified atom stereocenters. The van der Waals surface area contributed by atoms with Crippen molar-refractivity contribution >= 4 is 27.7 Å². The van der Waals surface area contributed by atoms with Crippen molar-refractivity contribution in [2.24, 2.45) is 0 Å². The Morgan fingerprint density at radius 3 is 2.38 bits per heavy atom. The highest BCUT2D eigenvalue weighted by Crippen LogP contribution is 2.20. The first-order chi connectivity index (χ1) is 9.53. The second kappa shape index (κ2) is 6.58. The van der Waals surface area contributed by atoms with Gasteiger partial charge in [0.15, 0.2) is 0 Å². The van der Waals surface area contributed by atoms with Gasteiger partial charge in [0, 0.05) is 10.0 Å². The van der Waals surface area contributed by atoms with Gasteiger partial charge < -0.3 is 15.7 Å². The lowest BCUT2D eigenvalue weighted by molar-refractivity contribution is -0.125. The normalized spacial score (nSPS) is 11.9. The van der Waals surface area contributed by atoms with Gasteiger partial charge in [-0.1, -0.05) is 22.0 Å². The molecule has 1 aromatic rings. The minimum absolute atomic E-state index is 0.148. The first-order valence-electron chi connectivity index (χ1n) is 6.60. The highest BCUT2D eigenvalue weighted by atomic mass is 79.9. The molecule has 6 heteroatoms. The van der Waals surface area contributed by atoms with Gasteiger partial charge in [-0.25, -0.2) is 0 Å². The van der Waals surface area contributed by atoms with Crippen LogP contribution >= 0.6 is 15.9 Å². The highest BCUT2D eigenvalue weighted by molar-refractivity contribution is 9.10. The van der Waals surface area contributed by atoms with Crippen LogP contribution in [0, 0.1) is 0 Å². The quantitative estimate of drug-likeness (QED) is 0.753. The monoisotopic (exact) mass is 356 g/mol.